The van der Waals surface area contributed by atoms with Crippen molar-refractivity contribution >= 4 is 17.9 Å². The standard InChI is InChI=1S/C43H82O6/c1-5-8-10-12-13-14-15-16-20-23-27-30-34-41(44)47-37-40(49-43(46)36-32-25-11-9-6-2)38-48-42(45)35-31-28-24-21-18-17-19-22-26-29-33-39(4)7-3/h39-40H,5-38H2,1-4H3/t39?,40-/m1/s1. The molecule has 0 saturated heterocycles. The van der Waals surface area contributed by atoms with Crippen LogP contribution in [0.25, 0.3) is 0 Å². The quantitative estimate of drug-likeness (QED) is 0.0364. The Hall–Kier alpha value is -1.59. The Kier molecular flexibility index (Phi) is 36.4. The fourth-order valence-corrected chi connectivity index (χ4v) is 6.24. The maximum absolute atomic E-state index is 12.5. The van der Waals surface area contributed by atoms with Gasteiger partial charge in [-0.2, -0.15) is 0 Å². The molecule has 0 N–H and O–H groups in total. The topological polar surface area (TPSA) is 78.9 Å². The van der Waals surface area contributed by atoms with Crippen molar-refractivity contribution in [1.82, 2.24) is 0 Å². The van der Waals surface area contributed by atoms with Crippen LogP contribution in [0.5, 0.6) is 0 Å². The van der Waals surface area contributed by atoms with Gasteiger partial charge in [-0.3, -0.25) is 14.4 Å². The van der Waals surface area contributed by atoms with Crippen molar-refractivity contribution in [2.24, 2.45) is 5.92 Å². The van der Waals surface area contributed by atoms with Gasteiger partial charge in [0.1, 0.15) is 13.2 Å². The summed E-state index contributed by atoms with van der Waals surface area (Å²) in [7, 11) is 0. The van der Waals surface area contributed by atoms with Crippen molar-refractivity contribution < 1.29 is 28.6 Å². The Balaban J connectivity index is 4.18. The summed E-state index contributed by atoms with van der Waals surface area (Å²) < 4.78 is 16.6. The van der Waals surface area contributed by atoms with Crippen molar-refractivity contribution in [2.75, 3.05) is 13.2 Å². The first-order valence-electron chi connectivity index (χ1n) is 21.4. The van der Waals surface area contributed by atoms with Crippen molar-refractivity contribution in [3.05, 3.63) is 0 Å². The van der Waals surface area contributed by atoms with E-state index in [1.54, 1.807) is 0 Å². The molecular formula is C43H82O6. The number of hydrogen-bond acceptors (Lipinski definition) is 6. The number of esters is 3. The smallest absolute Gasteiger partial charge is 0.306 e. The lowest BCUT2D eigenvalue weighted by Gasteiger charge is -2.18. The zero-order chi connectivity index (χ0) is 36.0. The number of rotatable bonds is 38. The van der Waals surface area contributed by atoms with Crippen LogP contribution in [0.4, 0.5) is 0 Å². The third-order valence-electron chi connectivity index (χ3n) is 9.90. The van der Waals surface area contributed by atoms with E-state index in [0.29, 0.717) is 19.3 Å². The first-order chi connectivity index (χ1) is 23.9. The molecule has 6 nitrogen and oxygen atoms in total. The molecule has 0 bridgehead atoms. The second-order valence-corrected chi connectivity index (χ2v) is 14.9. The molecule has 0 aromatic rings. The van der Waals surface area contributed by atoms with Crippen LogP contribution in [0.1, 0.15) is 233 Å². The minimum atomic E-state index is -0.756. The van der Waals surface area contributed by atoms with Crippen molar-refractivity contribution in [3.8, 4) is 0 Å². The average Bonchev–Trinajstić information content (AvgIpc) is 3.10. The molecule has 0 rings (SSSR count). The van der Waals surface area contributed by atoms with E-state index in [4.69, 9.17) is 14.2 Å². The zero-order valence-corrected chi connectivity index (χ0v) is 33.1. The molecule has 0 spiro atoms. The van der Waals surface area contributed by atoms with E-state index >= 15 is 0 Å². The molecule has 0 aliphatic heterocycles. The third-order valence-corrected chi connectivity index (χ3v) is 9.90. The molecule has 0 aliphatic rings. The molecule has 49 heavy (non-hydrogen) atoms. The largest absolute Gasteiger partial charge is 0.462 e. The van der Waals surface area contributed by atoms with E-state index in [9.17, 15) is 14.4 Å². The SMILES string of the molecule is CCCCCCCCCCCCCCC(=O)OC[C@H](COC(=O)CCCCCCCCCCCCC(C)CC)OC(=O)CCCCCCC. The van der Waals surface area contributed by atoms with E-state index in [-0.39, 0.29) is 31.1 Å². The van der Waals surface area contributed by atoms with E-state index in [2.05, 4.69) is 27.7 Å². The van der Waals surface area contributed by atoms with Gasteiger partial charge in [-0.05, 0) is 25.2 Å². The van der Waals surface area contributed by atoms with Crippen molar-refractivity contribution in [1.29, 1.82) is 0 Å². The van der Waals surface area contributed by atoms with Crippen LogP contribution in [0.2, 0.25) is 0 Å². The van der Waals surface area contributed by atoms with Crippen LogP contribution in [0.15, 0.2) is 0 Å². The number of hydrogen-bond donors (Lipinski definition) is 0. The monoisotopic (exact) mass is 695 g/mol. The number of ether oxygens (including phenoxy) is 3. The van der Waals surface area contributed by atoms with Gasteiger partial charge < -0.3 is 14.2 Å². The second kappa shape index (κ2) is 37.7. The van der Waals surface area contributed by atoms with Gasteiger partial charge in [0.15, 0.2) is 6.10 Å². The highest BCUT2D eigenvalue weighted by molar-refractivity contribution is 5.71. The van der Waals surface area contributed by atoms with Crippen LogP contribution in [-0.2, 0) is 28.6 Å². The van der Waals surface area contributed by atoms with Gasteiger partial charge in [0.25, 0.3) is 0 Å². The second-order valence-electron chi connectivity index (χ2n) is 14.9. The van der Waals surface area contributed by atoms with Gasteiger partial charge in [0, 0.05) is 19.3 Å². The van der Waals surface area contributed by atoms with E-state index < -0.39 is 6.10 Å². The molecule has 1 unspecified atom stereocenters. The van der Waals surface area contributed by atoms with E-state index in [1.807, 2.05) is 0 Å². The summed E-state index contributed by atoms with van der Waals surface area (Å²) in [6.07, 6.45) is 35.3. The summed E-state index contributed by atoms with van der Waals surface area (Å²) in [4.78, 5) is 37.3. The lowest BCUT2D eigenvalue weighted by atomic mass is 9.99. The summed E-state index contributed by atoms with van der Waals surface area (Å²) in [6.45, 7) is 8.92. The fraction of sp³-hybridized carbons (Fsp3) is 0.930. The summed E-state index contributed by atoms with van der Waals surface area (Å²) in [5.41, 5.74) is 0. The Labute approximate surface area is 304 Å². The first-order valence-corrected chi connectivity index (χ1v) is 21.4. The predicted molar refractivity (Wildman–Crippen MR) is 206 cm³/mol. The van der Waals surface area contributed by atoms with Crippen LogP contribution >= 0.6 is 0 Å². The summed E-state index contributed by atoms with van der Waals surface area (Å²) >= 11 is 0. The molecule has 0 aromatic carbocycles. The van der Waals surface area contributed by atoms with Crippen molar-refractivity contribution in [3.63, 3.8) is 0 Å². The zero-order valence-electron chi connectivity index (χ0n) is 33.1. The lowest BCUT2D eigenvalue weighted by Crippen LogP contribution is -2.30. The molecule has 6 heteroatoms. The molecule has 0 saturated carbocycles. The van der Waals surface area contributed by atoms with Gasteiger partial charge in [-0.25, -0.2) is 0 Å². The van der Waals surface area contributed by atoms with Crippen LogP contribution in [0, 0.1) is 5.92 Å². The Bertz CT molecular complexity index is 738. The van der Waals surface area contributed by atoms with Crippen molar-refractivity contribution in [2.45, 2.75) is 239 Å². The normalized spacial score (nSPS) is 12.5. The molecule has 0 amide bonds. The highest BCUT2D eigenvalue weighted by Gasteiger charge is 2.19. The number of carbonyl (C=O) groups is 3. The van der Waals surface area contributed by atoms with Gasteiger partial charge in [0.05, 0.1) is 0 Å². The molecule has 0 fully saturated rings. The van der Waals surface area contributed by atoms with Gasteiger partial charge >= 0.3 is 17.9 Å². The van der Waals surface area contributed by atoms with E-state index in [1.165, 1.54) is 122 Å². The highest BCUT2D eigenvalue weighted by atomic mass is 16.6. The Morgan fingerprint density at radius 1 is 0.408 bits per heavy atom. The van der Waals surface area contributed by atoms with Gasteiger partial charge in [-0.1, -0.05) is 195 Å². The molecule has 0 aliphatic carbocycles. The van der Waals surface area contributed by atoms with E-state index in [0.717, 1.165) is 70.1 Å². The first kappa shape index (κ1) is 47.4. The predicted octanol–water partition coefficient (Wildman–Crippen LogP) is 13.2. The van der Waals surface area contributed by atoms with Crippen LogP contribution in [-0.4, -0.2) is 37.2 Å². The molecule has 2 atom stereocenters. The van der Waals surface area contributed by atoms with Gasteiger partial charge in [0.2, 0.25) is 0 Å². The van der Waals surface area contributed by atoms with Crippen LogP contribution in [0.3, 0.4) is 0 Å². The summed E-state index contributed by atoms with van der Waals surface area (Å²) in [6, 6.07) is 0. The molecule has 290 valence electrons. The lowest BCUT2D eigenvalue weighted by molar-refractivity contribution is -0.167. The number of unbranched alkanes of at least 4 members (excludes halogenated alkanes) is 24. The summed E-state index contributed by atoms with van der Waals surface area (Å²) in [5.74, 6) is -0.00315. The molecule has 0 heterocycles. The summed E-state index contributed by atoms with van der Waals surface area (Å²) in [5, 5.41) is 0. The minimum Gasteiger partial charge on any atom is -0.462 e. The van der Waals surface area contributed by atoms with Crippen LogP contribution < -0.4 is 0 Å². The number of carbonyl (C=O) groups excluding carboxylic acids is 3. The molecule has 0 radical (unpaired) electrons. The molecular weight excluding hydrogens is 612 g/mol. The average molecular weight is 695 g/mol. The third kappa shape index (κ3) is 36.0. The molecule has 0 aromatic heterocycles. The highest BCUT2D eigenvalue weighted by Crippen LogP contribution is 2.16. The fourth-order valence-electron chi connectivity index (χ4n) is 6.24. The minimum absolute atomic E-state index is 0.0657. The Morgan fingerprint density at radius 3 is 1.06 bits per heavy atom. The Morgan fingerprint density at radius 2 is 0.714 bits per heavy atom. The maximum atomic E-state index is 12.5. The van der Waals surface area contributed by atoms with Gasteiger partial charge in [-0.15, -0.1) is 0 Å². The maximum Gasteiger partial charge on any atom is 0.306 e.